The smallest absolute Gasteiger partial charge is 0.226 e. The van der Waals surface area contributed by atoms with Gasteiger partial charge in [0.2, 0.25) is 5.91 Å². The lowest BCUT2D eigenvalue weighted by Gasteiger charge is -2.28. The van der Waals surface area contributed by atoms with Crippen LogP contribution in [-0.4, -0.2) is 66.7 Å². The normalized spacial score (nSPS) is 14.5. The van der Waals surface area contributed by atoms with Gasteiger partial charge in [-0.05, 0) is 61.2 Å². The SMILES string of the molecule is Cc1ccc(OCCC(=O)N(CCCN2CCOCC2)Cc2ccncc2)cc1C. The van der Waals surface area contributed by atoms with Crippen LogP contribution in [0.1, 0.15) is 29.5 Å². The van der Waals surface area contributed by atoms with Gasteiger partial charge in [-0.15, -0.1) is 0 Å². The zero-order valence-corrected chi connectivity index (χ0v) is 18.2. The number of rotatable bonds is 10. The Hall–Kier alpha value is -2.44. The van der Waals surface area contributed by atoms with E-state index in [-0.39, 0.29) is 5.91 Å². The first-order valence-electron chi connectivity index (χ1n) is 10.8. The number of carbonyl (C=O) groups excluding carboxylic acids is 1. The van der Waals surface area contributed by atoms with Crippen molar-refractivity contribution in [2.45, 2.75) is 33.2 Å². The number of morpholine rings is 1. The Morgan fingerprint density at radius 1 is 1.13 bits per heavy atom. The first-order chi connectivity index (χ1) is 14.6. The monoisotopic (exact) mass is 411 g/mol. The molecule has 0 unspecified atom stereocenters. The molecule has 0 radical (unpaired) electrons. The average Bonchev–Trinajstić information content (AvgIpc) is 2.77. The van der Waals surface area contributed by atoms with Crippen LogP contribution in [0.3, 0.4) is 0 Å². The number of amides is 1. The largest absolute Gasteiger partial charge is 0.493 e. The molecule has 0 aliphatic carbocycles. The molecule has 0 bridgehead atoms. The number of carbonyl (C=O) groups is 1. The Labute approximate surface area is 179 Å². The number of ether oxygens (including phenoxy) is 2. The van der Waals surface area contributed by atoms with E-state index in [1.807, 2.05) is 35.2 Å². The van der Waals surface area contributed by atoms with Crippen molar-refractivity contribution in [2.75, 3.05) is 46.0 Å². The van der Waals surface area contributed by atoms with Crippen LogP contribution in [0.25, 0.3) is 0 Å². The van der Waals surface area contributed by atoms with Gasteiger partial charge in [0, 0.05) is 45.1 Å². The first kappa shape index (κ1) is 22.2. The summed E-state index contributed by atoms with van der Waals surface area (Å²) in [5.41, 5.74) is 3.53. The highest BCUT2D eigenvalue weighted by Crippen LogP contribution is 2.17. The maximum absolute atomic E-state index is 12.9. The third-order valence-corrected chi connectivity index (χ3v) is 5.54. The van der Waals surface area contributed by atoms with Crippen molar-refractivity contribution in [1.82, 2.24) is 14.8 Å². The van der Waals surface area contributed by atoms with E-state index in [0.29, 0.717) is 19.6 Å². The molecule has 6 nitrogen and oxygen atoms in total. The third kappa shape index (κ3) is 7.11. The molecule has 1 amide bonds. The maximum atomic E-state index is 12.9. The molecule has 162 valence electrons. The predicted molar refractivity (Wildman–Crippen MR) is 118 cm³/mol. The van der Waals surface area contributed by atoms with Gasteiger partial charge in [-0.2, -0.15) is 0 Å². The molecule has 6 heteroatoms. The van der Waals surface area contributed by atoms with Gasteiger partial charge in [-0.1, -0.05) is 6.07 Å². The molecule has 1 aromatic carbocycles. The molecule has 0 saturated carbocycles. The second kappa shape index (κ2) is 11.7. The van der Waals surface area contributed by atoms with Gasteiger partial charge in [0.15, 0.2) is 0 Å². The molecular formula is C24H33N3O3. The predicted octanol–water partition coefficient (Wildman–Crippen LogP) is 3.22. The number of pyridine rings is 1. The van der Waals surface area contributed by atoms with Crippen molar-refractivity contribution in [3.05, 3.63) is 59.4 Å². The molecule has 1 saturated heterocycles. The Bertz CT molecular complexity index is 792. The first-order valence-corrected chi connectivity index (χ1v) is 10.8. The van der Waals surface area contributed by atoms with Gasteiger partial charge < -0.3 is 14.4 Å². The van der Waals surface area contributed by atoms with E-state index in [1.165, 1.54) is 11.1 Å². The number of nitrogens with zero attached hydrogens (tertiary/aromatic N) is 3. The van der Waals surface area contributed by atoms with Crippen LogP contribution in [0.15, 0.2) is 42.7 Å². The molecule has 0 atom stereocenters. The van der Waals surface area contributed by atoms with Crippen molar-refractivity contribution in [3.8, 4) is 5.75 Å². The third-order valence-electron chi connectivity index (χ3n) is 5.54. The van der Waals surface area contributed by atoms with Crippen LogP contribution in [0.2, 0.25) is 0 Å². The number of aryl methyl sites for hydroxylation is 2. The quantitative estimate of drug-likeness (QED) is 0.601. The zero-order valence-electron chi connectivity index (χ0n) is 18.2. The molecule has 1 aromatic heterocycles. The second-order valence-electron chi connectivity index (χ2n) is 7.82. The van der Waals surface area contributed by atoms with Gasteiger partial charge in [-0.3, -0.25) is 14.7 Å². The fourth-order valence-corrected chi connectivity index (χ4v) is 3.53. The Balaban J connectivity index is 1.51. The fourth-order valence-electron chi connectivity index (χ4n) is 3.53. The standard InChI is InChI=1S/C24H33N3O3/c1-20-4-5-23(18-21(20)2)30-15-8-24(28)27(19-22-6-9-25-10-7-22)12-3-11-26-13-16-29-17-14-26/h4-7,9-10,18H,3,8,11-17,19H2,1-2H3. The summed E-state index contributed by atoms with van der Waals surface area (Å²) in [7, 11) is 0. The Morgan fingerprint density at radius 3 is 2.63 bits per heavy atom. The van der Waals surface area contributed by atoms with Crippen LogP contribution < -0.4 is 4.74 Å². The van der Waals surface area contributed by atoms with Crippen LogP contribution in [-0.2, 0) is 16.1 Å². The van der Waals surface area contributed by atoms with E-state index in [0.717, 1.165) is 57.1 Å². The van der Waals surface area contributed by atoms with Gasteiger partial charge in [0.05, 0.1) is 26.2 Å². The lowest BCUT2D eigenvalue weighted by Crippen LogP contribution is -2.39. The van der Waals surface area contributed by atoms with E-state index < -0.39 is 0 Å². The highest BCUT2D eigenvalue weighted by Gasteiger charge is 2.16. The highest BCUT2D eigenvalue weighted by atomic mass is 16.5. The molecule has 1 aliphatic heterocycles. The van der Waals surface area contributed by atoms with Gasteiger partial charge >= 0.3 is 0 Å². The van der Waals surface area contributed by atoms with Gasteiger partial charge in [-0.25, -0.2) is 0 Å². The van der Waals surface area contributed by atoms with Crippen LogP contribution >= 0.6 is 0 Å². The second-order valence-corrected chi connectivity index (χ2v) is 7.82. The maximum Gasteiger partial charge on any atom is 0.226 e. The van der Waals surface area contributed by atoms with Crippen molar-refractivity contribution in [3.63, 3.8) is 0 Å². The molecule has 2 heterocycles. The van der Waals surface area contributed by atoms with Gasteiger partial charge in [0.1, 0.15) is 5.75 Å². The van der Waals surface area contributed by atoms with E-state index in [2.05, 4.69) is 23.7 Å². The molecule has 30 heavy (non-hydrogen) atoms. The Kier molecular flexibility index (Phi) is 8.66. The van der Waals surface area contributed by atoms with Crippen LogP contribution in [0.5, 0.6) is 5.75 Å². The van der Waals surface area contributed by atoms with E-state index in [4.69, 9.17) is 9.47 Å². The van der Waals surface area contributed by atoms with Crippen LogP contribution in [0, 0.1) is 13.8 Å². The zero-order chi connectivity index (χ0) is 21.2. The summed E-state index contributed by atoms with van der Waals surface area (Å²) in [6.07, 6.45) is 4.87. The average molecular weight is 412 g/mol. The summed E-state index contributed by atoms with van der Waals surface area (Å²) in [5.74, 6) is 0.941. The summed E-state index contributed by atoms with van der Waals surface area (Å²) < 4.78 is 11.2. The number of benzene rings is 1. The lowest BCUT2D eigenvalue weighted by atomic mass is 10.1. The lowest BCUT2D eigenvalue weighted by molar-refractivity contribution is -0.132. The number of hydrogen-bond donors (Lipinski definition) is 0. The summed E-state index contributed by atoms with van der Waals surface area (Å²) in [5, 5.41) is 0. The molecule has 0 N–H and O–H groups in total. The molecule has 3 rings (SSSR count). The van der Waals surface area contributed by atoms with Crippen molar-refractivity contribution in [1.29, 1.82) is 0 Å². The summed E-state index contributed by atoms with van der Waals surface area (Å²) >= 11 is 0. The topological polar surface area (TPSA) is 54.9 Å². The molecule has 1 aliphatic rings. The number of hydrogen-bond acceptors (Lipinski definition) is 5. The minimum absolute atomic E-state index is 0.123. The van der Waals surface area contributed by atoms with Crippen molar-refractivity contribution >= 4 is 5.91 Å². The highest BCUT2D eigenvalue weighted by molar-refractivity contribution is 5.76. The minimum Gasteiger partial charge on any atom is -0.493 e. The summed E-state index contributed by atoms with van der Waals surface area (Å²) in [6, 6.07) is 9.97. The Morgan fingerprint density at radius 2 is 1.90 bits per heavy atom. The van der Waals surface area contributed by atoms with Crippen molar-refractivity contribution in [2.24, 2.45) is 0 Å². The van der Waals surface area contributed by atoms with E-state index >= 15 is 0 Å². The van der Waals surface area contributed by atoms with E-state index in [1.54, 1.807) is 12.4 Å². The van der Waals surface area contributed by atoms with Crippen molar-refractivity contribution < 1.29 is 14.3 Å². The van der Waals surface area contributed by atoms with Crippen LogP contribution in [0.4, 0.5) is 0 Å². The van der Waals surface area contributed by atoms with Gasteiger partial charge in [0.25, 0.3) is 0 Å². The van der Waals surface area contributed by atoms with E-state index in [9.17, 15) is 4.79 Å². The molecule has 2 aromatic rings. The number of aromatic nitrogens is 1. The summed E-state index contributed by atoms with van der Waals surface area (Å²) in [4.78, 5) is 21.4. The molecular weight excluding hydrogens is 378 g/mol. The minimum atomic E-state index is 0.123. The summed E-state index contributed by atoms with van der Waals surface area (Å²) in [6.45, 7) is 10.4. The fraction of sp³-hybridized carbons (Fsp3) is 0.500. The molecule has 0 spiro atoms. The molecule has 1 fully saturated rings.